The Bertz CT molecular complexity index is 1080. The number of hydroxylamine groups is 1. The van der Waals surface area contributed by atoms with E-state index in [2.05, 4.69) is 90.4 Å². The summed E-state index contributed by atoms with van der Waals surface area (Å²) in [7, 11) is 0. The van der Waals surface area contributed by atoms with Gasteiger partial charge in [0.1, 0.15) is 5.54 Å². The van der Waals surface area contributed by atoms with Crippen LogP contribution in [0, 0.1) is 0 Å². The van der Waals surface area contributed by atoms with Crippen molar-refractivity contribution >= 4 is 0 Å². The van der Waals surface area contributed by atoms with Crippen molar-refractivity contribution in [1.29, 1.82) is 0 Å². The molecule has 2 bridgehead atoms. The fourth-order valence-corrected chi connectivity index (χ4v) is 5.18. The molecule has 0 radical (unpaired) electrons. The van der Waals surface area contributed by atoms with E-state index >= 15 is 0 Å². The Morgan fingerprint density at radius 1 is 0.586 bits per heavy atom. The van der Waals surface area contributed by atoms with Gasteiger partial charge in [-0.25, -0.2) is 0 Å². The zero-order valence-electron chi connectivity index (χ0n) is 16.0. The van der Waals surface area contributed by atoms with Gasteiger partial charge in [-0.05, 0) is 38.9 Å². The minimum Gasteiger partial charge on any atom is -0.296 e. The van der Waals surface area contributed by atoms with Gasteiger partial charge in [-0.3, -0.25) is 4.84 Å². The van der Waals surface area contributed by atoms with E-state index in [0.29, 0.717) is 6.61 Å². The third-order valence-electron chi connectivity index (χ3n) is 6.33. The lowest BCUT2D eigenvalue weighted by molar-refractivity contribution is -0.0141. The molecule has 0 unspecified atom stereocenters. The lowest BCUT2D eigenvalue weighted by Crippen LogP contribution is -2.51. The van der Waals surface area contributed by atoms with Gasteiger partial charge in [0.05, 0.1) is 6.61 Å². The second-order valence-electron chi connectivity index (χ2n) is 7.82. The topological polar surface area (TPSA) is 21.3 Å². The maximum Gasteiger partial charge on any atom is 0.119 e. The highest BCUT2D eigenvalue weighted by atomic mass is 16.6. The van der Waals surface area contributed by atoms with Gasteiger partial charge in [-0.1, -0.05) is 103 Å². The second kappa shape index (κ2) is 6.41. The van der Waals surface area contributed by atoms with E-state index in [1.54, 1.807) is 0 Å². The van der Waals surface area contributed by atoms with E-state index in [0.717, 1.165) is 5.56 Å². The fourth-order valence-electron chi connectivity index (χ4n) is 5.18. The Labute approximate surface area is 170 Å². The molecular weight excluding hydrogens is 354 g/mol. The molecule has 4 aromatic rings. The van der Waals surface area contributed by atoms with E-state index < -0.39 is 5.54 Å². The van der Waals surface area contributed by atoms with Crippen LogP contribution in [0.25, 0.3) is 0 Å². The van der Waals surface area contributed by atoms with Gasteiger partial charge in [0.15, 0.2) is 0 Å². The van der Waals surface area contributed by atoms with Crippen LogP contribution in [-0.4, -0.2) is 0 Å². The summed E-state index contributed by atoms with van der Waals surface area (Å²) >= 11 is 0. The third-order valence-corrected chi connectivity index (χ3v) is 6.33. The SMILES string of the molecule is c1ccc(CONC23c4ccccc4C(c4ccccc42)c2ccccc23)cc1. The molecule has 0 fully saturated rings. The van der Waals surface area contributed by atoms with Crippen molar-refractivity contribution in [3.63, 3.8) is 0 Å². The van der Waals surface area contributed by atoms with Crippen LogP contribution in [0.3, 0.4) is 0 Å². The first-order valence-corrected chi connectivity index (χ1v) is 10.1. The molecule has 1 N–H and O–H groups in total. The van der Waals surface area contributed by atoms with E-state index in [9.17, 15) is 0 Å². The molecule has 0 spiro atoms. The van der Waals surface area contributed by atoms with Crippen molar-refractivity contribution < 1.29 is 4.84 Å². The molecule has 0 aliphatic heterocycles. The summed E-state index contributed by atoms with van der Waals surface area (Å²) < 4.78 is 0. The minimum atomic E-state index is -0.507. The standard InChI is InChI=1S/C27H21NO/c1-2-10-19(11-3-1)18-29-28-27-23-15-7-4-12-20(23)26(21-13-5-8-16-24(21)27)22-14-6-9-17-25(22)27/h1-17,26,28H,18H2. The van der Waals surface area contributed by atoms with Gasteiger partial charge >= 0.3 is 0 Å². The largest absolute Gasteiger partial charge is 0.296 e. The van der Waals surface area contributed by atoms with Gasteiger partial charge in [0, 0.05) is 5.92 Å². The van der Waals surface area contributed by atoms with Crippen molar-refractivity contribution in [2.24, 2.45) is 0 Å². The predicted octanol–water partition coefficient (Wildman–Crippen LogP) is 5.51. The Balaban J connectivity index is 1.54. The molecule has 0 aromatic heterocycles. The van der Waals surface area contributed by atoms with Crippen molar-refractivity contribution in [2.75, 3.05) is 0 Å². The Morgan fingerprint density at radius 2 is 1.03 bits per heavy atom. The monoisotopic (exact) mass is 375 g/mol. The van der Waals surface area contributed by atoms with E-state index in [1.165, 1.54) is 33.4 Å². The fraction of sp³-hybridized carbons (Fsp3) is 0.111. The van der Waals surface area contributed by atoms with Gasteiger partial charge in [-0.15, -0.1) is 0 Å². The summed E-state index contributed by atoms with van der Waals surface area (Å²) in [6.45, 7) is 0.512. The van der Waals surface area contributed by atoms with Crippen LogP contribution in [0.1, 0.15) is 44.9 Å². The summed E-state index contributed by atoms with van der Waals surface area (Å²) in [6, 6.07) is 36.6. The van der Waals surface area contributed by atoms with Crippen LogP contribution in [0.5, 0.6) is 0 Å². The molecule has 3 aliphatic rings. The van der Waals surface area contributed by atoms with Crippen LogP contribution in [0.15, 0.2) is 103 Å². The van der Waals surface area contributed by atoms with Crippen LogP contribution in [-0.2, 0) is 17.0 Å². The van der Waals surface area contributed by atoms with Crippen molar-refractivity contribution in [1.82, 2.24) is 5.48 Å². The van der Waals surface area contributed by atoms with E-state index in [-0.39, 0.29) is 5.92 Å². The average Bonchev–Trinajstić information content (AvgIpc) is 2.80. The smallest absolute Gasteiger partial charge is 0.119 e. The number of benzene rings is 4. The second-order valence-corrected chi connectivity index (χ2v) is 7.82. The molecule has 4 aromatic carbocycles. The lowest BCUT2D eigenvalue weighted by atomic mass is 9.57. The van der Waals surface area contributed by atoms with Gasteiger partial charge < -0.3 is 0 Å². The molecule has 7 rings (SSSR count). The first-order chi connectivity index (χ1) is 14.4. The highest BCUT2D eigenvalue weighted by molar-refractivity contribution is 5.71. The van der Waals surface area contributed by atoms with Crippen molar-refractivity contribution in [3.8, 4) is 0 Å². The Morgan fingerprint density at radius 3 is 1.55 bits per heavy atom. The molecule has 29 heavy (non-hydrogen) atoms. The van der Waals surface area contributed by atoms with Crippen molar-refractivity contribution in [3.05, 3.63) is 142 Å². The predicted molar refractivity (Wildman–Crippen MR) is 115 cm³/mol. The molecule has 0 amide bonds. The van der Waals surface area contributed by atoms with E-state index in [4.69, 9.17) is 4.84 Å². The van der Waals surface area contributed by atoms with Gasteiger partial charge in [0.2, 0.25) is 0 Å². The first kappa shape index (κ1) is 16.7. The summed E-state index contributed by atoms with van der Waals surface area (Å²) in [5.74, 6) is 0.274. The highest BCUT2D eigenvalue weighted by Crippen LogP contribution is 2.57. The molecule has 2 heteroatoms. The third kappa shape index (κ3) is 2.30. The van der Waals surface area contributed by atoms with Crippen LogP contribution < -0.4 is 5.48 Å². The quantitative estimate of drug-likeness (QED) is 0.475. The Kier molecular flexibility index (Phi) is 3.70. The maximum atomic E-state index is 6.20. The molecule has 0 saturated carbocycles. The number of hydrogen-bond acceptors (Lipinski definition) is 2. The zero-order chi connectivity index (χ0) is 19.3. The number of nitrogens with one attached hydrogen (secondary N) is 1. The number of hydrogen-bond donors (Lipinski definition) is 1. The molecule has 3 aliphatic carbocycles. The zero-order valence-corrected chi connectivity index (χ0v) is 16.0. The van der Waals surface area contributed by atoms with Gasteiger partial charge in [-0.2, -0.15) is 5.48 Å². The molecule has 0 atom stereocenters. The summed E-state index contributed by atoms with van der Waals surface area (Å²) in [4.78, 5) is 6.20. The highest BCUT2D eigenvalue weighted by Gasteiger charge is 2.51. The van der Waals surface area contributed by atoms with Crippen LogP contribution >= 0.6 is 0 Å². The first-order valence-electron chi connectivity index (χ1n) is 10.1. The average molecular weight is 375 g/mol. The summed E-state index contributed by atoms with van der Waals surface area (Å²) in [6.07, 6.45) is 0. The molecular formula is C27H21NO. The summed E-state index contributed by atoms with van der Waals surface area (Å²) in [5, 5.41) is 0. The molecule has 0 saturated heterocycles. The van der Waals surface area contributed by atoms with E-state index in [1.807, 2.05) is 18.2 Å². The summed E-state index contributed by atoms with van der Waals surface area (Å²) in [5.41, 5.74) is 12.1. The lowest BCUT2D eigenvalue weighted by Gasteiger charge is -2.50. The minimum absolute atomic E-state index is 0.274. The normalized spacial score (nSPS) is 20.6. The molecule has 140 valence electrons. The molecule has 2 nitrogen and oxygen atoms in total. The van der Waals surface area contributed by atoms with Gasteiger partial charge in [0.25, 0.3) is 0 Å². The molecule has 0 heterocycles. The number of rotatable bonds is 4. The van der Waals surface area contributed by atoms with Crippen LogP contribution in [0.4, 0.5) is 0 Å². The Hall–Kier alpha value is -3.20. The van der Waals surface area contributed by atoms with Crippen molar-refractivity contribution in [2.45, 2.75) is 18.1 Å². The van der Waals surface area contributed by atoms with Crippen LogP contribution in [0.2, 0.25) is 0 Å². The maximum absolute atomic E-state index is 6.20.